The van der Waals surface area contributed by atoms with Crippen LogP contribution < -0.4 is 4.57 Å². The van der Waals surface area contributed by atoms with Gasteiger partial charge in [-0.05, 0) is 24.1 Å². The summed E-state index contributed by atoms with van der Waals surface area (Å²) in [5.41, 5.74) is 8.52. The molecular formula is C15H16N+. The molecule has 1 heterocycles. The highest BCUT2D eigenvalue weighted by molar-refractivity contribution is 5.72. The second-order valence-corrected chi connectivity index (χ2v) is 4.69. The Hall–Kier alpha value is -1.63. The van der Waals surface area contributed by atoms with Gasteiger partial charge in [-0.3, -0.25) is 0 Å². The fourth-order valence-corrected chi connectivity index (χ4v) is 2.73. The van der Waals surface area contributed by atoms with Crippen molar-refractivity contribution in [3.05, 3.63) is 52.7 Å². The summed E-state index contributed by atoms with van der Waals surface area (Å²) < 4.78 is 2.31. The van der Waals surface area contributed by atoms with Gasteiger partial charge in [0.1, 0.15) is 7.05 Å². The number of pyridine rings is 1. The van der Waals surface area contributed by atoms with Gasteiger partial charge in [0.2, 0.25) is 5.69 Å². The Kier molecular flexibility index (Phi) is 1.90. The first kappa shape index (κ1) is 9.59. The van der Waals surface area contributed by atoms with Crippen molar-refractivity contribution in [2.75, 3.05) is 0 Å². The molecule has 0 bridgehead atoms. The monoisotopic (exact) mass is 210 g/mol. The van der Waals surface area contributed by atoms with Crippen molar-refractivity contribution in [1.82, 2.24) is 0 Å². The van der Waals surface area contributed by atoms with Crippen LogP contribution in [0.2, 0.25) is 0 Å². The van der Waals surface area contributed by atoms with E-state index in [1.165, 1.54) is 33.6 Å². The lowest BCUT2D eigenvalue weighted by Gasteiger charge is -2.05. The van der Waals surface area contributed by atoms with Crippen LogP contribution in [0.3, 0.4) is 0 Å². The molecule has 0 unspecified atom stereocenters. The summed E-state index contributed by atoms with van der Waals surface area (Å²) in [6.45, 7) is 4.39. The van der Waals surface area contributed by atoms with E-state index in [0.717, 1.165) is 6.42 Å². The highest BCUT2D eigenvalue weighted by atomic mass is 14.9. The lowest BCUT2D eigenvalue weighted by atomic mass is 10.1. The summed E-state index contributed by atoms with van der Waals surface area (Å²) in [6.07, 6.45) is 1.09. The smallest absolute Gasteiger partial charge is 0.198 e. The van der Waals surface area contributed by atoms with Gasteiger partial charge in [0.25, 0.3) is 0 Å². The molecule has 1 aliphatic rings. The molecule has 1 heteroatoms. The van der Waals surface area contributed by atoms with Gasteiger partial charge in [-0.1, -0.05) is 18.2 Å². The fraction of sp³-hybridized carbons (Fsp3) is 0.267. The van der Waals surface area contributed by atoms with Crippen LogP contribution in [-0.2, 0) is 13.5 Å². The van der Waals surface area contributed by atoms with E-state index in [1.807, 2.05) is 0 Å². The van der Waals surface area contributed by atoms with E-state index in [4.69, 9.17) is 0 Å². The van der Waals surface area contributed by atoms with Crippen LogP contribution in [0.25, 0.3) is 11.3 Å². The fourth-order valence-electron chi connectivity index (χ4n) is 2.73. The van der Waals surface area contributed by atoms with Crippen LogP contribution in [0.4, 0.5) is 0 Å². The van der Waals surface area contributed by atoms with Crippen molar-refractivity contribution >= 4 is 0 Å². The van der Waals surface area contributed by atoms with E-state index in [9.17, 15) is 0 Å². The lowest BCUT2D eigenvalue weighted by Crippen LogP contribution is -2.35. The average molecular weight is 210 g/mol. The molecule has 1 aliphatic carbocycles. The highest BCUT2D eigenvalue weighted by Gasteiger charge is 2.28. The summed E-state index contributed by atoms with van der Waals surface area (Å²) in [5, 5.41) is 0. The zero-order valence-electron chi connectivity index (χ0n) is 10.0. The third-order valence-electron chi connectivity index (χ3n) is 3.69. The van der Waals surface area contributed by atoms with Crippen LogP contribution >= 0.6 is 0 Å². The van der Waals surface area contributed by atoms with Gasteiger partial charge in [-0.2, -0.15) is 4.57 Å². The molecule has 0 amide bonds. The molecule has 0 N–H and O–H groups in total. The van der Waals surface area contributed by atoms with Crippen molar-refractivity contribution in [1.29, 1.82) is 0 Å². The number of nitrogens with zero attached hydrogens (tertiary/aromatic N) is 1. The van der Waals surface area contributed by atoms with E-state index < -0.39 is 0 Å². The summed E-state index contributed by atoms with van der Waals surface area (Å²) in [6, 6.07) is 11.0. The van der Waals surface area contributed by atoms with Crippen molar-refractivity contribution in [2.24, 2.45) is 7.05 Å². The average Bonchev–Trinajstić information content (AvgIpc) is 2.66. The van der Waals surface area contributed by atoms with E-state index >= 15 is 0 Å². The summed E-state index contributed by atoms with van der Waals surface area (Å²) in [7, 11) is 2.16. The van der Waals surface area contributed by atoms with Crippen molar-refractivity contribution < 1.29 is 4.57 Å². The van der Waals surface area contributed by atoms with Crippen LogP contribution in [-0.4, -0.2) is 0 Å². The predicted molar refractivity (Wildman–Crippen MR) is 65.3 cm³/mol. The first-order valence-corrected chi connectivity index (χ1v) is 5.76. The Morgan fingerprint density at radius 2 is 1.88 bits per heavy atom. The minimum Gasteiger partial charge on any atom is -0.198 e. The van der Waals surface area contributed by atoms with Crippen LogP contribution in [0.1, 0.15) is 22.4 Å². The molecule has 1 aromatic carbocycles. The lowest BCUT2D eigenvalue weighted by molar-refractivity contribution is -0.666. The quantitative estimate of drug-likeness (QED) is 0.502. The second kappa shape index (κ2) is 3.18. The topological polar surface area (TPSA) is 3.88 Å². The Morgan fingerprint density at radius 3 is 2.69 bits per heavy atom. The highest BCUT2D eigenvalue weighted by Crippen LogP contribution is 2.35. The molecular weight excluding hydrogens is 194 g/mol. The largest absolute Gasteiger partial charge is 0.216 e. The number of aromatic nitrogens is 1. The molecule has 2 aromatic rings. The molecule has 0 fully saturated rings. The Labute approximate surface area is 96.4 Å². The second-order valence-electron chi connectivity index (χ2n) is 4.69. The van der Waals surface area contributed by atoms with Gasteiger partial charge in [0.05, 0.1) is 0 Å². The minimum atomic E-state index is 1.09. The number of hydrogen-bond donors (Lipinski definition) is 0. The van der Waals surface area contributed by atoms with Crippen LogP contribution in [0.15, 0.2) is 30.3 Å². The summed E-state index contributed by atoms with van der Waals surface area (Å²) >= 11 is 0. The maximum Gasteiger partial charge on any atom is 0.216 e. The van der Waals surface area contributed by atoms with Gasteiger partial charge >= 0.3 is 0 Å². The predicted octanol–water partition coefficient (Wildman–Crippen LogP) is 2.70. The Balaban J connectivity index is 2.39. The number of aryl methyl sites for hydroxylation is 2. The third kappa shape index (κ3) is 1.15. The SMILES string of the molecule is Cc1cc(C)[n+](C)c2c1Cc1ccccc1-2. The normalized spacial score (nSPS) is 12.4. The summed E-state index contributed by atoms with van der Waals surface area (Å²) in [4.78, 5) is 0. The molecule has 0 atom stereocenters. The van der Waals surface area contributed by atoms with Gasteiger partial charge in [-0.25, -0.2) is 0 Å². The summed E-state index contributed by atoms with van der Waals surface area (Å²) in [5.74, 6) is 0. The zero-order chi connectivity index (χ0) is 11.3. The van der Waals surface area contributed by atoms with Crippen molar-refractivity contribution in [3.63, 3.8) is 0 Å². The van der Waals surface area contributed by atoms with E-state index in [2.05, 4.69) is 55.8 Å². The standard InChI is InChI=1S/C15H16N/c1-10-8-11(2)16(3)15-13-7-5-4-6-12(13)9-14(10)15/h4-8H,9H2,1-3H3/q+1. The van der Waals surface area contributed by atoms with Crippen molar-refractivity contribution in [2.45, 2.75) is 20.3 Å². The van der Waals surface area contributed by atoms with Gasteiger partial charge in [0.15, 0.2) is 5.69 Å². The molecule has 3 rings (SSSR count). The number of fused-ring (bicyclic) bond motifs is 3. The Morgan fingerprint density at radius 1 is 1.12 bits per heavy atom. The van der Waals surface area contributed by atoms with Crippen LogP contribution in [0.5, 0.6) is 0 Å². The maximum absolute atomic E-state index is 2.31. The molecule has 0 saturated heterocycles. The Bertz CT molecular complexity index is 582. The van der Waals surface area contributed by atoms with Gasteiger partial charge in [-0.15, -0.1) is 0 Å². The molecule has 0 radical (unpaired) electrons. The third-order valence-corrected chi connectivity index (χ3v) is 3.69. The van der Waals surface area contributed by atoms with Crippen LogP contribution in [0, 0.1) is 13.8 Å². The molecule has 1 nitrogen and oxygen atoms in total. The van der Waals surface area contributed by atoms with E-state index in [1.54, 1.807) is 0 Å². The zero-order valence-corrected chi connectivity index (χ0v) is 10.0. The minimum absolute atomic E-state index is 1.09. The van der Waals surface area contributed by atoms with E-state index in [-0.39, 0.29) is 0 Å². The molecule has 1 aromatic heterocycles. The number of benzene rings is 1. The maximum atomic E-state index is 2.31. The van der Waals surface area contributed by atoms with E-state index in [0.29, 0.717) is 0 Å². The first-order valence-electron chi connectivity index (χ1n) is 5.76. The molecule has 0 spiro atoms. The molecule has 0 aliphatic heterocycles. The van der Waals surface area contributed by atoms with Crippen molar-refractivity contribution in [3.8, 4) is 11.3 Å². The number of hydrogen-bond acceptors (Lipinski definition) is 0. The van der Waals surface area contributed by atoms with Gasteiger partial charge in [0, 0.05) is 30.5 Å². The molecule has 0 saturated carbocycles. The van der Waals surface area contributed by atoms with Gasteiger partial charge < -0.3 is 0 Å². The first-order chi connectivity index (χ1) is 7.68. The number of rotatable bonds is 0. The molecule has 16 heavy (non-hydrogen) atoms. The molecule has 80 valence electrons.